The first-order valence-corrected chi connectivity index (χ1v) is 4.07. The molecule has 0 saturated carbocycles. The highest BCUT2D eigenvalue weighted by Gasteiger charge is 2.21. The number of hydrogen-bond acceptors (Lipinski definition) is 2. The van der Waals surface area contributed by atoms with Crippen molar-refractivity contribution in [3.8, 4) is 0 Å². The molecule has 1 aliphatic rings. The minimum Gasteiger partial charge on any atom is -0.364 e. The van der Waals surface area contributed by atoms with Crippen LogP contribution in [0.2, 0.25) is 0 Å². The lowest BCUT2D eigenvalue weighted by molar-refractivity contribution is 0.607. The maximum absolute atomic E-state index is 7.22. The summed E-state index contributed by atoms with van der Waals surface area (Å²) in [5, 5.41) is 11.5. The summed E-state index contributed by atoms with van der Waals surface area (Å²) in [6.07, 6.45) is 0. The number of hydrogen-bond donors (Lipinski definition) is 2. The van der Waals surface area contributed by atoms with Crippen LogP contribution in [0, 0.1) is 11.3 Å². The van der Waals surface area contributed by atoms with Gasteiger partial charge in [-0.15, -0.1) is 0 Å². The highest BCUT2D eigenvalue weighted by atomic mass is 32.2. The fourth-order valence-electron chi connectivity index (χ4n) is 0.800. The van der Waals surface area contributed by atoms with E-state index in [4.69, 9.17) is 5.41 Å². The van der Waals surface area contributed by atoms with Crippen molar-refractivity contribution in [2.75, 3.05) is 6.54 Å². The van der Waals surface area contributed by atoms with Crippen molar-refractivity contribution in [3.05, 3.63) is 0 Å². The second kappa shape index (κ2) is 2.60. The standard InChI is InChI=1S/C6H12N2S/c1-4(2)5-3-8-6(7)9-5/h4-5H,3H2,1-2H3,(H2,7,8). The third-order valence-corrected chi connectivity index (χ3v) is 2.87. The molecule has 0 aliphatic carbocycles. The van der Waals surface area contributed by atoms with Crippen LogP contribution in [-0.4, -0.2) is 17.0 Å². The molecule has 0 aromatic rings. The van der Waals surface area contributed by atoms with Crippen molar-refractivity contribution >= 4 is 16.9 Å². The molecule has 52 valence electrons. The Hall–Kier alpha value is -0.180. The van der Waals surface area contributed by atoms with Gasteiger partial charge in [-0.3, -0.25) is 5.41 Å². The zero-order chi connectivity index (χ0) is 6.85. The molecule has 2 nitrogen and oxygen atoms in total. The van der Waals surface area contributed by atoms with Gasteiger partial charge in [0, 0.05) is 11.8 Å². The first kappa shape index (κ1) is 6.93. The molecular formula is C6H12N2S. The van der Waals surface area contributed by atoms with Crippen molar-refractivity contribution in [2.24, 2.45) is 5.92 Å². The SMILES string of the molecule is CC(C)C1CNC(=N)S1. The number of nitrogens with one attached hydrogen (secondary N) is 2. The fourth-order valence-corrected chi connectivity index (χ4v) is 1.71. The maximum Gasteiger partial charge on any atom is 0.154 e. The molecule has 0 spiro atoms. The Morgan fingerprint density at radius 1 is 1.78 bits per heavy atom. The van der Waals surface area contributed by atoms with E-state index in [0.29, 0.717) is 16.3 Å². The molecule has 2 N–H and O–H groups in total. The summed E-state index contributed by atoms with van der Waals surface area (Å²) in [6.45, 7) is 5.36. The van der Waals surface area contributed by atoms with Gasteiger partial charge in [0.25, 0.3) is 0 Å². The van der Waals surface area contributed by atoms with E-state index in [2.05, 4.69) is 19.2 Å². The van der Waals surface area contributed by atoms with E-state index in [1.54, 1.807) is 11.8 Å². The monoisotopic (exact) mass is 144 g/mol. The second-order valence-corrected chi connectivity index (χ2v) is 3.86. The predicted octanol–water partition coefficient (Wildman–Crippen LogP) is 1.28. The van der Waals surface area contributed by atoms with E-state index in [9.17, 15) is 0 Å². The molecule has 0 aromatic carbocycles. The normalized spacial score (nSPS) is 27.0. The third kappa shape index (κ3) is 1.61. The van der Waals surface area contributed by atoms with Crippen molar-refractivity contribution in [2.45, 2.75) is 19.1 Å². The molecule has 0 bridgehead atoms. The van der Waals surface area contributed by atoms with Crippen molar-refractivity contribution < 1.29 is 0 Å². The molecule has 1 fully saturated rings. The lowest BCUT2D eigenvalue weighted by Crippen LogP contribution is -2.18. The minimum atomic E-state index is 0.623. The van der Waals surface area contributed by atoms with E-state index >= 15 is 0 Å². The van der Waals surface area contributed by atoms with Crippen LogP contribution in [0.4, 0.5) is 0 Å². The quantitative estimate of drug-likeness (QED) is 0.581. The average Bonchev–Trinajstić information content (AvgIpc) is 2.14. The summed E-state index contributed by atoms with van der Waals surface area (Å²) in [6, 6.07) is 0. The fraction of sp³-hybridized carbons (Fsp3) is 0.833. The van der Waals surface area contributed by atoms with E-state index < -0.39 is 0 Å². The van der Waals surface area contributed by atoms with Gasteiger partial charge in [-0.25, -0.2) is 0 Å². The van der Waals surface area contributed by atoms with Gasteiger partial charge in [0.15, 0.2) is 5.17 Å². The van der Waals surface area contributed by atoms with Gasteiger partial charge >= 0.3 is 0 Å². The highest BCUT2D eigenvalue weighted by Crippen LogP contribution is 2.23. The van der Waals surface area contributed by atoms with Gasteiger partial charge in [0.2, 0.25) is 0 Å². The van der Waals surface area contributed by atoms with E-state index in [1.807, 2.05) is 0 Å². The van der Waals surface area contributed by atoms with Crippen molar-refractivity contribution in [1.82, 2.24) is 5.32 Å². The van der Waals surface area contributed by atoms with Crippen LogP contribution < -0.4 is 5.32 Å². The Morgan fingerprint density at radius 2 is 2.44 bits per heavy atom. The zero-order valence-electron chi connectivity index (χ0n) is 5.77. The minimum absolute atomic E-state index is 0.623. The summed E-state index contributed by atoms with van der Waals surface area (Å²) < 4.78 is 0. The van der Waals surface area contributed by atoms with Crippen LogP contribution in [0.3, 0.4) is 0 Å². The lowest BCUT2D eigenvalue weighted by Gasteiger charge is -2.08. The molecule has 0 amide bonds. The number of rotatable bonds is 1. The molecule has 1 rings (SSSR count). The van der Waals surface area contributed by atoms with E-state index in [0.717, 1.165) is 6.54 Å². The Kier molecular flexibility index (Phi) is 2.01. The Bertz CT molecular complexity index is 122. The molecule has 3 heteroatoms. The first-order valence-electron chi connectivity index (χ1n) is 3.19. The highest BCUT2D eigenvalue weighted by molar-refractivity contribution is 8.14. The largest absolute Gasteiger partial charge is 0.364 e. The van der Waals surface area contributed by atoms with Crippen LogP contribution in [-0.2, 0) is 0 Å². The van der Waals surface area contributed by atoms with Crippen molar-refractivity contribution in [3.63, 3.8) is 0 Å². The lowest BCUT2D eigenvalue weighted by atomic mass is 10.1. The molecule has 0 aromatic heterocycles. The number of amidine groups is 1. The van der Waals surface area contributed by atoms with Gasteiger partial charge in [-0.05, 0) is 5.92 Å². The number of thioether (sulfide) groups is 1. The van der Waals surface area contributed by atoms with Gasteiger partial charge in [-0.2, -0.15) is 0 Å². The van der Waals surface area contributed by atoms with E-state index in [-0.39, 0.29) is 0 Å². The van der Waals surface area contributed by atoms with Crippen LogP contribution in [0.1, 0.15) is 13.8 Å². The summed E-state index contributed by atoms with van der Waals surface area (Å²) in [7, 11) is 0. The topological polar surface area (TPSA) is 35.9 Å². The summed E-state index contributed by atoms with van der Waals surface area (Å²) >= 11 is 1.65. The molecule has 0 radical (unpaired) electrons. The molecule has 9 heavy (non-hydrogen) atoms. The summed E-state index contributed by atoms with van der Waals surface area (Å²) in [4.78, 5) is 0. The first-order chi connectivity index (χ1) is 4.20. The Balaban J connectivity index is 2.39. The van der Waals surface area contributed by atoms with Crippen LogP contribution in [0.25, 0.3) is 0 Å². The van der Waals surface area contributed by atoms with Crippen LogP contribution in [0.5, 0.6) is 0 Å². The Labute approximate surface area is 59.9 Å². The van der Waals surface area contributed by atoms with Gasteiger partial charge in [0.1, 0.15) is 0 Å². The Morgan fingerprint density at radius 3 is 2.67 bits per heavy atom. The predicted molar refractivity (Wildman–Crippen MR) is 41.9 cm³/mol. The molecular weight excluding hydrogens is 132 g/mol. The van der Waals surface area contributed by atoms with Crippen molar-refractivity contribution in [1.29, 1.82) is 5.41 Å². The molecule has 1 aliphatic heterocycles. The van der Waals surface area contributed by atoms with Gasteiger partial charge in [0.05, 0.1) is 0 Å². The smallest absolute Gasteiger partial charge is 0.154 e. The second-order valence-electron chi connectivity index (χ2n) is 2.61. The summed E-state index contributed by atoms with van der Waals surface area (Å²) in [5.74, 6) is 0.686. The van der Waals surface area contributed by atoms with Crippen LogP contribution >= 0.6 is 11.8 Å². The van der Waals surface area contributed by atoms with Crippen LogP contribution in [0.15, 0.2) is 0 Å². The third-order valence-electron chi connectivity index (χ3n) is 1.48. The summed E-state index contributed by atoms with van der Waals surface area (Å²) in [5.41, 5.74) is 0. The molecule has 1 unspecified atom stereocenters. The van der Waals surface area contributed by atoms with E-state index in [1.165, 1.54) is 0 Å². The average molecular weight is 144 g/mol. The van der Waals surface area contributed by atoms with Gasteiger partial charge < -0.3 is 5.32 Å². The maximum atomic E-state index is 7.22. The van der Waals surface area contributed by atoms with Gasteiger partial charge in [-0.1, -0.05) is 25.6 Å². The zero-order valence-corrected chi connectivity index (χ0v) is 6.59. The molecule has 1 saturated heterocycles. The molecule has 1 atom stereocenters. The molecule has 1 heterocycles.